The van der Waals surface area contributed by atoms with Crippen molar-refractivity contribution < 1.29 is 4.39 Å². The van der Waals surface area contributed by atoms with E-state index >= 15 is 0 Å². The third-order valence-electron chi connectivity index (χ3n) is 4.21. The zero-order valence-corrected chi connectivity index (χ0v) is 10.6. The van der Waals surface area contributed by atoms with Crippen molar-refractivity contribution >= 4 is 5.69 Å². The Morgan fingerprint density at radius 1 is 1.28 bits per heavy atom. The van der Waals surface area contributed by atoms with Crippen molar-refractivity contribution in [2.24, 2.45) is 0 Å². The van der Waals surface area contributed by atoms with E-state index in [0.29, 0.717) is 23.8 Å². The van der Waals surface area contributed by atoms with E-state index in [0.717, 1.165) is 19.6 Å². The lowest BCUT2D eigenvalue weighted by atomic mass is 10.1. The molecule has 4 heteroatoms. The van der Waals surface area contributed by atoms with Crippen LogP contribution >= 0.6 is 0 Å². The molecule has 3 rings (SSSR count). The highest BCUT2D eigenvalue weighted by molar-refractivity contribution is 5.47. The van der Waals surface area contributed by atoms with Crippen LogP contribution in [0.2, 0.25) is 0 Å². The normalized spacial score (nSPS) is 25.3. The predicted octanol–water partition coefficient (Wildman–Crippen LogP) is 1.69. The summed E-state index contributed by atoms with van der Waals surface area (Å²) in [5.41, 5.74) is 7.10. The van der Waals surface area contributed by atoms with Gasteiger partial charge in [-0.15, -0.1) is 0 Å². The van der Waals surface area contributed by atoms with Crippen LogP contribution in [0.4, 0.5) is 10.1 Å². The Hall–Kier alpha value is -1.13. The van der Waals surface area contributed by atoms with Crippen LogP contribution in [0.15, 0.2) is 18.2 Å². The minimum Gasteiger partial charge on any atom is -0.398 e. The first-order chi connectivity index (χ1) is 8.74. The first-order valence-electron chi connectivity index (χ1n) is 6.73. The topological polar surface area (TPSA) is 32.5 Å². The lowest BCUT2D eigenvalue weighted by Gasteiger charge is -2.37. The Kier molecular flexibility index (Phi) is 3.22. The molecule has 0 bridgehead atoms. The molecule has 1 aromatic rings. The quantitative estimate of drug-likeness (QED) is 0.810. The van der Waals surface area contributed by atoms with Gasteiger partial charge in [-0.25, -0.2) is 4.39 Å². The number of halogens is 1. The first-order valence-corrected chi connectivity index (χ1v) is 6.73. The predicted molar refractivity (Wildman–Crippen MR) is 70.7 cm³/mol. The number of hydrogen-bond donors (Lipinski definition) is 1. The van der Waals surface area contributed by atoms with Crippen molar-refractivity contribution in [1.82, 2.24) is 9.80 Å². The highest BCUT2D eigenvalue weighted by atomic mass is 19.1. The summed E-state index contributed by atoms with van der Waals surface area (Å²) in [6.45, 7) is 5.06. The Labute approximate surface area is 107 Å². The fourth-order valence-electron chi connectivity index (χ4n) is 3.16. The van der Waals surface area contributed by atoms with Crippen molar-refractivity contribution in [3.8, 4) is 0 Å². The van der Waals surface area contributed by atoms with Gasteiger partial charge in [0, 0.05) is 43.5 Å². The molecule has 3 nitrogen and oxygen atoms in total. The largest absolute Gasteiger partial charge is 0.398 e. The van der Waals surface area contributed by atoms with Crippen LogP contribution < -0.4 is 5.73 Å². The molecule has 0 aromatic heterocycles. The van der Waals surface area contributed by atoms with Crippen molar-refractivity contribution in [3.63, 3.8) is 0 Å². The van der Waals surface area contributed by atoms with Gasteiger partial charge in [-0.2, -0.15) is 0 Å². The molecule has 2 aliphatic rings. The number of anilines is 1. The zero-order valence-electron chi connectivity index (χ0n) is 10.6. The molecule has 1 aromatic carbocycles. The van der Waals surface area contributed by atoms with E-state index < -0.39 is 0 Å². The lowest BCUT2D eigenvalue weighted by Crippen LogP contribution is -2.49. The standard InChI is InChI=1S/C14H20FN3/c15-13-4-1-5-14(16)12(13)10-17-7-8-18-6-2-3-11(18)9-17/h1,4-5,11H,2-3,6-10,16H2. The number of fused-ring (bicyclic) bond motifs is 1. The fourth-order valence-corrected chi connectivity index (χ4v) is 3.16. The van der Waals surface area contributed by atoms with Crippen LogP contribution in [0.25, 0.3) is 0 Å². The fraction of sp³-hybridized carbons (Fsp3) is 0.571. The average Bonchev–Trinajstić information content (AvgIpc) is 2.81. The SMILES string of the molecule is Nc1cccc(F)c1CN1CCN2CCCC2C1. The molecule has 0 saturated carbocycles. The van der Waals surface area contributed by atoms with Crippen LogP contribution in [-0.4, -0.2) is 42.0 Å². The monoisotopic (exact) mass is 249 g/mol. The summed E-state index contributed by atoms with van der Waals surface area (Å²) < 4.78 is 13.8. The Balaban J connectivity index is 1.69. The molecule has 0 aliphatic carbocycles. The van der Waals surface area contributed by atoms with Crippen LogP contribution in [-0.2, 0) is 6.54 Å². The highest BCUT2D eigenvalue weighted by Gasteiger charge is 2.30. The molecular weight excluding hydrogens is 229 g/mol. The Bertz CT molecular complexity index is 415. The molecular formula is C14H20FN3. The molecule has 2 N–H and O–H groups in total. The van der Waals surface area contributed by atoms with Crippen molar-refractivity contribution in [2.45, 2.75) is 25.4 Å². The maximum absolute atomic E-state index is 13.8. The molecule has 0 radical (unpaired) electrons. The number of benzene rings is 1. The van der Waals surface area contributed by atoms with Gasteiger partial charge in [0.1, 0.15) is 5.82 Å². The number of nitrogen functional groups attached to an aromatic ring is 1. The van der Waals surface area contributed by atoms with Crippen LogP contribution in [0.1, 0.15) is 18.4 Å². The minimum absolute atomic E-state index is 0.177. The summed E-state index contributed by atoms with van der Waals surface area (Å²) in [5, 5.41) is 0. The maximum Gasteiger partial charge on any atom is 0.129 e. The summed E-state index contributed by atoms with van der Waals surface area (Å²) in [6, 6.07) is 5.62. The summed E-state index contributed by atoms with van der Waals surface area (Å²) in [5.74, 6) is -0.177. The number of nitrogens with zero attached hydrogens (tertiary/aromatic N) is 2. The second-order valence-corrected chi connectivity index (χ2v) is 5.37. The molecule has 98 valence electrons. The summed E-state index contributed by atoms with van der Waals surface area (Å²) in [7, 11) is 0. The van der Waals surface area contributed by atoms with Gasteiger partial charge in [-0.1, -0.05) is 6.07 Å². The third-order valence-corrected chi connectivity index (χ3v) is 4.21. The molecule has 18 heavy (non-hydrogen) atoms. The maximum atomic E-state index is 13.8. The van der Waals surface area contributed by atoms with Crippen molar-refractivity contribution in [3.05, 3.63) is 29.6 Å². The summed E-state index contributed by atoms with van der Waals surface area (Å²) >= 11 is 0. The molecule has 1 atom stereocenters. The first kappa shape index (κ1) is 11.9. The van der Waals surface area contributed by atoms with E-state index in [1.165, 1.54) is 25.5 Å². The number of rotatable bonds is 2. The van der Waals surface area contributed by atoms with E-state index in [1.54, 1.807) is 12.1 Å². The van der Waals surface area contributed by atoms with Gasteiger partial charge in [-0.3, -0.25) is 9.80 Å². The second-order valence-electron chi connectivity index (χ2n) is 5.37. The summed E-state index contributed by atoms with van der Waals surface area (Å²) in [6.07, 6.45) is 2.59. The van der Waals surface area contributed by atoms with Gasteiger partial charge in [-0.05, 0) is 31.5 Å². The van der Waals surface area contributed by atoms with Crippen molar-refractivity contribution in [1.29, 1.82) is 0 Å². The van der Waals surface area contributed by atoms with E-state index in [4.69, 9.17) is 5.73 Å². The van der Waals surface area contributed by atoms with Gasteiger partial charge >= 0.3 is 0 Å². The molecule has 2 aliphatic heterocycles. The molecule has 0 amide bonds. The number of nitrogens with two attached hydrogens (primary N) is 1. The van der Waals surface area contributed by atoms with E-state index in [1.807, 2.05) is 0 Å². The second kappa shape index (κ2) is 4.86. The molecule has 0 spiro atoms. The van der Waals surface area contributed by atoms with Gasteiger partial charge in [0.15, 0.2) is 0 Å². The minimum atomic E-state index is -0.177. The third kappa shape index (κ3) is 2.22. The Morgan fingerprint density at radius 3 is 3.00 bits per heavy atom. The van der Waals surface area contributed by atoms with Gasteiger partial charge < -0.3 is 5.73 Å². The van der Waals surface area contributed by atoms with E-state index in [-0.39, 0.29) is 5.82 Å². The van der Waals surface area contributed by atoms with E-state index in [9.17, 15) is 4.39 Å². The number of piperazine rings is 1. The smallest absolute Gasteiger partial charge is 0.129 e. The molecule has 2 fully saturated rings. The number of hydrogen-bond acceptors (Lipinski definition) is 3. The summed E-state index contributed by atoms with van der Waals surface area (Å²) in [4.78, 5) is 4.89. The van der Waals surface area contributed by atoms with Gasteiger partial charge in [0.2, 0.25) is 0 Å². The highest BCUT2D eigenvalue weighted by Crippen LogP contribution is 2.24. The van der Waals surface area contributed by atoms with Crippen LogP contribution in [0.5, 0.6) is 0 Å². The van der Waals surface area contributed by atoms with Gasteiger partial charge in [0.05, 0.1) is 0 Å². The lowest BCUT2D eigenvalue weighted by molar-refractivity contribution is 0.0987. The molecule has 1 unspecified atom stereocenters. The molecule has 2 saturated heterocycles. The van der Waals surface area contributed by atoms with Crippen LogP contribution in [0.3, 0.4) is 0 Å². The zero-order chi connectivity index (χ0) is 12.5. The average molecular weight is 249 g/mol. The Morgan fingerprint density at radius 2 is 2.17 bits per heavy atom. The van der Waals surface area contributed by atoms with Crippen LogP contribution in [0, 0.1) is 5.82 Å². The van der Waals surface area contributed by atoms with E-state index in [2.05, 4.69) is 9.80 Å². The van der Waals surface area contributed by atoms with Gasteiger partial charge in [0.25, 0.3) is 0 Å². The van der Waals surface area contributed by atoms with Crippen molar-refractivity contribution in [2.75, 3.05) is 31.9 Å². The molecule has 2 heterocycles.